The highest BCUT2D eigenvalue weighted by Crippen LogP contribution is 1.95. The summed E-state index contributed by atoms with van der Waals surface area (Å²) in [5.74, 6) is 0.894. The minimum Gasteiger partial charge on any atom is -0.447 e. The Hall–Kier alpha value is -0.420. The summed E-state index contributed by atoms with van der Waals surface area (Å²) in [6, 6.07) is 0. The maximum atomic E-state index is 11.0. The number of amides is 1. The molecule has 0 unspecified atom stereocenters. The zero-order valence-corrected chi connectivity index (χ0v) is 8.26. The molecule has 0 fully saturated rings. The molecular formula is C7H15NO3S. The molecule has 0 aliphatic heterocycles. The van der Waals surface area contributed by atoms with Gasteiger partial charge in [-0.25, -0.2) is 4.79 Å². The molecule has 0 saturated heterocycles. The van der Waals surface area contributed by atoms with E-state index >= 15 is 0 Å². The summed E-state index contributed by atoms with van der Waals surface area (Å²) in [7, 11) is 1.68. The molecule has 0 bridgehead atoms. The third-order valence-corrected chi connectivity index (χ3v) is 1.85. The summed E-state index contributed by atoms with van der Waals surface area (Å²) < 4.78 is 4.68. The maximum Gasteiger partial charge on any atom is 0.409 e. The van der Waals surface area contributed by atoms with Crippen molar-refractivity contribution < 1.29 is 14.6 Å². The van der Waals surface area contributed by atoms with Crippen molar-refractivity contribution in [2.75, 3.05) is 38.8 Å². The Balaban J connectivity index is 3.47. The van der Waals surface area contributed by atoms with Gasteiger partial charge in [-0.15, -0.1) is 0 Å². The quantitative estimate of drug-likeness (QED) is 0.687. The first-order valence-electron chi connectivity index (χ1n) is 3.70. The molecule has 0 saturated carbocycles. The van der Waals surface area contributed by atoms with E-state index in [-0.39, 0.29) is 19.3 Å². The number of nitrogens with zero attached hydrogens (tertiary/aromatic N) is 1. The average Bonchev–Trinajstić information content (AvgIpc) is 2.10. The molecule has 0 aliphatic rings. The van der Waals surface area contributed by atoms with Gasteiger partial charge < -0.3 is 14.7 Å². The minimum absolute atomic E-state index is 0.0719. The van der Waals surface area contributed by atoms with Crippen LogP contribution in [0.15, 0.2) is 0 Å². The van der Waals surface area contributed by atoms with E-state index in [0.717, 1.165) is 5.75 Å². The summed E-state index contributed by atoms with van der Waals surface area (Å²) in [5.41, 5.74) is 0. The average molecular weight is 193 g/mol. The number of rotatable bonds is 5. The number of hydrogen-bond acceptors (Lipinski definition) is 4. The Bertz CT molecular complexity index is 132. The van der Waals surface area contributed by atoms with Crippen molar-refractivity contribution in [3.63, 3.8) is 0 Å². The fourth-order valence-electron chi connectivity index (χ4n) is 0.563. The zero-order chi connectivity index (χ0) is 9.40. The molecule has 1 amide bonds. The predicted octanol–water partition coefficient (Wildman–Crippen LogP) is 0.410. The third kappa shape index (κ3) is 5.26. The number of thioether (sulfide) groups is 1. The molecule has 1 N–H and O–H groups in total. The van der Waals surface area contributed by atoms with Gasteiger partial charge in [-0.3, -0.25) is 0 Å². The second kappa shape index (κ2) is 7.24. The van der Waals surface area contributed by atoms with Crippen molar-refractivity contribution in [1.82, 2.24) is 4.90 Å². The highest BCUT2D eigenvalue weighted by molar-refractivity contribution is 7.98. The Kier molecular flexibility index (Phi) is 6.99. The number of aliphatic hydroxyl groups excluding tert-OH is 1. The molecule has 0 rings (SSSR count). The summed E-state index contributed by atoms with van der Waals surface area (Å²) in [4.78, 5) is 12.5. The second-order valence-electron chi connectivity index (χ2n) is 2.25. The highest BCUT2D eigenvalue weighted by atomic mass is 32.2. The Morgan fingerprint density at radius 1 is 1.67 bits per heavy atom. The van der Waals surface area contributed by atoms with Gasteiger partial charge in [0.1, 0.15) is 6.61 Å². The number of carbonyl (C=O) groups excluding carboxylic acids is 1. The monoisotopic (exact) mass is 193 g/mol. The van der Waals surface area contributed by atoms with Gasteiger partial charge >= 0.3 is 6.09 Å². The van der Waals surface area contributed by atoms with E-state index in [1.165, 1.54) is 4.90 Å². The molecule has 0 aromatic heterocycles. The van der Waals surface area contributed by atoms with Crippen molar-refractivity contribution in [3.05, 3.63) is 0 Å². The van der Waals surface area contributed by atoms with E-state index < -0.39 is 0 Å². The largest absolute Gasteiger partial charge is 0.447 e. The number of hydrogen-bond donors (Lipinski definition) is 1. The molecule has 0 aromatic carbocycles. The standard InChI is InChI=1S/C7H15NO3S/c1-8(3-6-12-2)7(10)11-5-4-9/h9H,3-6H2,1-2H3. The molecule has 4 nitrogen and oxygen atoms in total. The van der Waals surface area contributed by atoms with Crippen molar-refractivity contribution >= 4 is 17.9 Å². The lowest BCUT2D eigenvalue weighted by Gasteiger charge is -2.15. The maximum absolute atomic E-state index is 11.0. The zero-order valence-electron chi connectivity index (χ0n) is 7.45. The first kappa shape index (κ1) is 11.6. The highest BCUT2D eigenvalue weighted by Gasteiger charge is 2.07. The van der Waals surface area contributed by atoms with Crippen LogP contribution in [0.3, 0.4) is 0 Å². The molecule has 5 heteroatoms. The lowest BCUT2D eigenvalue weighted by Crippen LogP contribution is -2.30. The Labute approximate surface area is 76.9 Å². The fraction of sp³-hybridized carbons (Fsp3) is 0.857. The van der Waals surface area contributed by atoms with E-state index in [4.69, 9.17) is 5.11 Å². The van der Waals surface area contributed by atoms with Crippen molar-refractivity contribution in [2.45, 2.75) is 0 Å². The molecule has 72 valence electrons. The Morgan fingerprint density at radius 3 is 2.83 bits per heavy atom. The molecule has 0 spiro atoms. The summed E-state index contributed by atoms with van der Waals surface area (Å²) in [5, 5.41) is 8.37. The van der Waals surface area contributed by atoms with Crippen LogP contribution in [0.25, 0.3) is 0 Å². The first-order chi connectivity index (χ1) is 5.72. The minimum atomic E-state index is -0.377. The SMILES string of the molecule is CSCCN(C)C(=O)OCCO. The van der Waals surface area contributed by atoms with Gasteiger partial charge in [0.2, 0.25) is 0 Å². The summed E-state index contributed by atoms with van der Waals surface area (Å²) >= 11 is 1.67. The first-order valence-corrected chi connectivity index (χ1v) is 5.09. The van der Waals surface area contributed by atoms with Crippen molar-refractivity contribution in [3.8, 4) is 0 Å². The number of carbonyl (C=O) groups is 1. The van der Waals surface area contributed by atoms with Crippen LogP contribution >= 0.6 is 11.8 Å². The molecule has 0 radical (unpaired) electrons. The van der Waals surface area contributed by atoms with Gasteiger partial charge in [0, 0.05) is 19.3 Å². The predicted molar refractivity (Wildman–Crippen MR) is 49.4 cm³/mol. The molecule has 0 atom stereocenters. The Morgan fingerprint density at radius 2 is 2.33 bits per heavy atom. The lowest BCUT2D eigenvalue weighted by atomic mass is 10.6. The molecule has 0 aromatic rings. The van der Waals surface area contributed by atoms with E-state index in [1.54, 1.807) is 18.8 Å². The van der Waals surface area contributed by atoms with Crippen molar-refractivity contribution in [1.29, 1.82) is 0 Å². The molecular weight excluding hydrogens is 178 g/mol. The van der Waals surface area contributed by atoms with Crippen LogP contribution in [-0.2, 0) is 4.74 Å². The lowest BCUT2D eigenvalue weighted by molar-refractivity contribution is 0.0926. The van der Waals surface area contributed by atoms with Gasteiger partial charge in [-0.2, -0.15) is 11.8 Å². The fourth-order valence-corrected chi connectivity index (χ4v) is 1.02. The van der Waals surface area contributed by atoms with E-state index in [1.807, 2.05) is 6.26 Å². The summed E-state index contributed by atoms with van der Waals surface area (Å²) in [6.45, 7) is 0.621. The van der Waals surface area contributed by atoms with Crippen LogP contribution in [0.4, 0.5) is 4.79 Å². The normalized spacial score (nSPS) is 9.58. The number of ether oxygens (including phenoxy) is 1. The van der Waals surface area contributed by atoms with Gasteiger partial charge in [-0.1, -0.05) is 0 Å². The van der Waals surface area contributed by atoms with Gasteiger partial charge in [0.15, 0.2) is 0 Å². The van der Waals surface area contributed by atoms with Crippen LogP contribution in [0.2, 0.25) is 0 Å². The second-order valence-corrected chi connectivity index (χ2v) is 3.24. The molecule has 12 heavy (non-hydrogen) atoms. The topological polar surface area (TPSA) is 49.8 Å². The van der Waals surface area contributed by atoms with Crippen LogP contribution in [0, 0.1) is 0 Å². The molecule has 0 heterocycles. The van der Waals surface area contributed by atoms with Crippen LogP contribution in [0.5, 0.6) is 0 Å². The van der Waals surface area contributed by atoms with Gasteiger partial charge in [0.05, 0.1) is 6.61 Å². The number of aliphatic hydroxyl groups is 1. The van der Waals surface area contributed by atoms with E-state index in [0.29, 0.717) is 6.54 Å². The van der Waals surface area contributed by atoms with Crippen LogP contribution in [-0.4, -0.2) is 54.9 Å². The van der Waals surface area contributed by atoms with Crippen LogP contribution < -0.4 is 0 Å². The molecule has 0 aliphatic carbocycles. The summed E-state index contributed by atoms with van der Waals surface area (Å²) in [6.07, 6.45) is 1.60. The van der Waals surface area contributed by atoms with E-state index in [2.05, 4.69) is 4.74 Å². The van der Waals surface area contributed by atoms with Gasteiger partial charge in [-0.05, 0) is 6.26 Å². The third-order valence-electron chi connectivity index (χ3n) is 1.26. The van der Waals surface area contributed by atoms with Gasteiger partial charge in [0.25, 0.3) is 0 Å². The smallest absolute Gasteiger partial charge is 0.409 e. The van der Waals surface area contributed by atoms with Crippen molar-refractivity contribution in [2.24, 2.45) is 0 Å². The van der Waals surface area contributed by atoms with Crippen LogP contribution in [0.1, 0.15) is 0 Å². The van der Waals surface area contributed by atoms with E-state index in [9.17, 15) is 4.79 Å².